The lowest BCUT2D eigenvalue weighted by atomic mass is 9.79. The second kappa shape index (κ2) is 6.18. The molecular weight excluding hydrogens is 306 g/mol. The smallest absolute Gasteiger partial charge is 0.183 e. The number of nitrogens with two attached hydrogens (primary N) is 1. The van der Waals surface area contributed by atoms with Gasteiger partial charge in [-0.15, -0.1) is 0 Å². The number of rotatable bonds is 5. The minimum Gasteiger partial charge on any atom is -0.325 e. The first-order chi connectivity index (χ1) is 9.06. The minimum atomic E-state index is -0.309. The summed E-state index contributed by atoms with van der Waals surface area (Å²) in [6, 6.07) is 0. The van der Waals surface area contributed by atoms with Gasteiger partial charge in [0, 0.05) is 18.5 Å². The third-order valence-electron chi connectivity index (χ3n) is 3.86. The summed E-state index contributed by atoms with van der Waals surface area (Å²) in [7, 11) is 0. The zero-order chi connectivity index (χ0) is 13.9. The minimum absolute atomic E-state index is 0.113. The van der Waals surface area contributed by atoms with Gasteiger partial charge in [-0.1, -0.05) is 26.2 Å². The van der Waals surface area contributed by atoms with Crippen LogP contribution in [0.4, 0.5) is 0 Å². The molecule has 0 aromatic carbocycles. The maximum atomic E-state index is 12.5. The number of nitrogens with zero attached hydrogens (tertiary/aromatic N) is 2. The summed E-state index contributed by atoms with van der Waals surface area (Å²) in [5, 5.41) is 4.25. The van der Waals surface area contributed by atoms with Gasteiger partial charge in [0.25, 0.3) is 0 Å². The third kappa shape index (κ3) is 3.45. The molecule has 0 atom stereocenters. The van der Waals surface area contributed by atoms with Crippen LogP contribution < -0.4 is 5.73 Å². The van der Waals surface area contributed by atoms with E-state index in [0.29, 0.717) is 12.1 Å². The molecule has 1 aromatic rings. The fourth-order valence-corrected chi connectivity index (χ4v) is 3.37. The molecule has 0 aliphatic heterocycles. The van der Waals surface area contributed by atoms with Crippen LogP contribution in [0.5, 0.6) is 0 Å². The summed E-state index contributed by atoms with van der Waals surface area (Å²) in [5.41, 5.74) is 6.74. The molecule has 1 aliphatic rings. The Bertz CT molecular complexity index is 450. The number of carbonyl (C=O) groups is 1. The van der Waals surface area contributed by atoms with Crippen LogP contribution in [0.2, 0.25) is 0 Å². The van der Waals surface area contributed by atoms with E-state index in [9.17, 15) is 4.79 Å². The van der Waals surface area contributed by atoms with Gasteiger partial charge in [-0.2, -0.15) is 5.10 Å². The molecule has 1 saturated carbocycles. The van der Waals surface area contributed by atoms with Gasteiger partial charge in [-0.3, -0.25) is 9.48 Å². The van der Waals surface area contributed by atoms with Gasteiger partial charge in [0.05, 0.1) is 10.7 Å². The van der Waals surface area contributed by atoms with Crippen LogP contribution >= 0.6 is 15.9 Å². The topological polar surface area (TPSA) is 60.9 Å². The number of aryl methyl sites for hydroxylation is 1. The van der Waals surface area contributed by atoms with Crippen molar-refractivity contribution in [3.8, 4) is 0 Å². The van der Waals surface area contributed by atoms with E-state index in [2.05, 4.69) is 28.0 Å². The Labute approximate surface area is 122 Å². The van der Waals surface area contributed by atoms with E-state index in [-0.39, 0.29) is 11.3 Å². The zero-order valence-corrected chi connectivity index (χ0v) is 13.1. The molecule has 0 bridgehead atoms. The summed E-state index contributed by atoms with van der Waals surface area (Å²) >= 11 is 3.43. The van der Waals surface area contributed by atoms with Crippen LogP contribution in [0, 0.1) is 0 Å². The Morgan fingerprint density at radius 2 is 2.16 bits per heavy atom. The van der Waals surface area contributed by atoms with Gasteiger partial charge in [0.15, 0.2) is 5.78 Å². The third-order valence-corrected chi connectivity index (χ3v) is 4.44. The molecule has 0 unspecified atom stereocenters. The predicted molar refractivity (Wildman–Crippen MR) is 79.2 cm³/mol. The second-order valence-corrected chi connectivity index (χ2v) is 6.44. The van der Waals surface area contributed by atoms with Crippen molar-refractivity contribution in [2.75, 3.05) is 0 Å². The first kappa shape index (κ1) is 14.7. The number of carbonyl (C=O) groups excluding carboxylic acids is 1. The molecule has 1 heterocycles. The van der Waals surface area contributed by atoms with E-state index in [4.69, 9.17) is 5.73 Å². The molecule has 2 N–H and O–H groups in total. The van der Waals surface area contributed by atoms with Gasteiger partial charge in [0.1, 0.15) is 5.69 Å². The summed E-state index contributed by atoms with van der Waals surface area (Å²) in [5.74, 6) is 0.113. The van der Waals surface area contributed by atoms with Crippen LogP contribution in [0.25, 0.3) is 0 Å². The number of hydrogen-bond donors (Lipinski definition) is 1. The zero-order valence-electron chi connectivity index (χ0n) is 11.5. The average molecular weight is 328 g/mol. The van der Waals surface area contributed by atoms with Gasteiger partial charge < -0.3 is 5.73 Å². The summed E-state index contributed by atoms with van der Waals surface area (Å²) in [6.45, 7) is 2.85. The normalized spacial score (nSPS) is 18.5. The van der Waals surface area contributed by atoms with Crippen molar-refractivity contribution < 1.29 is 4.79 Å². The fraction of sp³-hybridized carbons (Fsp3) is 0.714. The van der Waals surface area contributed by atoms with Crippen molar-refractivity contribution in [1.82, 2.24) is 9.78 Å². The number of aromatic nitrogens is 2. The molecule has 0 saturated heterocycles. The fourth-order valence-electron chi connectivity index (χ4n) is 2.86. The van der Waals surface area contributed by atoms with E-state index >= 15 is 0 Å². The highest BCUT2D eigenvalue weighted by atomic mass is 79.9. The molecular formula is C14H22BrN3O. The van der Waals surface area contributed by atoms with Crippen LogP contribution in [0.1, 0.15) is 62.4 Å². The lowest BCUT2D eigenvalue weighted by molar-refractivity contribution is 0.0923. The highest BCUT2D eigenvalue weighted by Gasteiger charge is 2.32. The van der Waals surface area contributed by atoms with Crippen molar-refractivity contribution in [1.29, 1.82) is 0 Å². The quantitative estimate of drug-likeness (QED) is 0.844. The number of Topliss-reactive ketones (excluding diaryl/α,β-unsaturated/α-hetero) is 1. The highest BCUT2D eigenvalue weighted by Crippen LogP contribution is 2.31. The van der Waals surface area contributed by atoms with Crippen LogP contribution in [0.15, 0.2) is 10.7 Å². The molecule has 0 radical (unpaired) electrons. The average Bonchev–Trinajstić information content (AvgIpc) is 2.71. The van der Waals surface area contributed by atoms with Crippen molar-refractivity contribution in [3.05, 3.63) is 16.4 Å². The van der Waals surface area contributed by atoms with E-state index in [1.165, 1.54) is 6.42 Å². The van der Waals surface area contributed by atoms with Crippen molar-refractivity contribution in [2.24, 2.45) is 5.73 Å². The van der Waals surface area contributed by atoms with E-state index in [1.807, 2.05) is 0 Å². The number of halogens is 1. The predicted octanol–water partition coefficient (Wildman–Crippen LogP) is 3.29. The molecule has 1 aliphatic carbocycles. The summed E-state index contributed by atoms with van der Waals surface area (Å²) in [6.07, 6.45) is 8.52. The lowest BCUT2D eigenvalue weighted by Gasteiger charge is -2.32. The molecule has 0 spiro atoms. The van der Waals surface area contributed by atoms with Gasteiger partial charge in [-0.25, -0.2) is 0 Å². The molecule has 2 rings (SSSR count). The molecule has 1 fully saturated rings. The van der Waals surface area contributed by atoms with Crippen molar-refractivity contribution in [2.45, 2.75) is 64.0 Å². The number of ketones is 1. The standard InChI is InChI=1S/C14H22BrN3O/c1-2-8-18-13(11(15)10-17-18)12(19)9-14(16)6-4-3-5-7-14/h10H,2-9,16H2,1H3. The maximum absolute atomic E-state index is 12.5. The Hall–Kier alpha value is -0.680. The molecule has 1 aromatic heterocycles. The first-order valence-corrected chi connectivity index (χ1v) is 7.88. The molecule has 19 heavy (non-hydrogen) atoms. The Balaban J connectivity index is 2.13. The second-order valence-electron chi connectivity index (χ2n) is 5.59. The Morgan fingerprint density at radius 1 is 1.47 bits per heavy atom. The SMILES string of the molecule is CCCn1ncc(Br)c1C(=O)CC1(N)CCCCC1. The summed E-state index contributed by atoms with van der Waals surface area (Å²) in [4.78, 5) is 12.5. The highest BCUT2D eigenvalue weighted by molar-refractivity contribution is 9.10. The van der Waals surface area contributed by atoms with Gasteiger partial charge >= 0.3 is 0 Å². The molecule has 0 amide bonds. The molecule has 5 heteroatoms. The largest absolute Gasteiger partial charge is 0.325 e. The van der Waals surface area contributed by atoms with Gasteiger partial charge in [0.2, 0.25) is 0 Å². The lowest BCUT2D eigenvalue weighted by Crippen LogP contribution is -2.43. The van der Waals surface area contributed by atoms with E-state index < -0.39 is 0 Å². The Kier molecular flexibility index (Phi) is 4.79. The van der Waals surface area contributed by atoms with Gasteiger partial charge in [-0.05, 0) is 35.2 Å². The number of hydrogen-bond acceptors (Lipinski definition) is 3. The van der Waals surface area contributed by atoms with Crippen LogP contribution in [-0.4, -0.2) is 21.1 Å². The van der Waals surface area contributed by atoms with Crippen LogP contribution in [-0.2, 0) is 6.54 Å². The Morgan fingerprint density at radius 3 is 2.79 bits per heavy atom. The molecule has 4 nitrogen and oxygen atoms in total. The monoisotopic (exact) mass is 327 g/mol. The first-order valence-electron chi connectivity index (χ1n) is 7.09. The van der Waals surface area contributed by atoms with Crippen molar-refractivity contribution in [3.63, 3.8) is 0 Å². The van der Waals surface area contributed by atoms with Crippen molar-refractivity contribution >= 4 is 21.7 Å². The summed E-state index contributed by atoms with van der Waals surface area (Å²) < 4.78 is 2.57. The molecule has 106 valence electrons. The van der Waals surface area contributed by atoms with E-state index in [0.717, 1.165) is 43.1 Å². The van der Waals surface area contributed by atoms with Crippen LogP contribution in [0.3, 0.4) is 0 Å². The maximum Gasteiger partial charge on any atom is 0.183 e. The van der Waals surface area contributed by atoms with E-state index in [1.54, 1.807) is 10.9 Å².